The van der Waals surface area contributed by atoms with Crippen LogP contribution in [-0.2, 0) is 4.79 Å². The molecule has 0 aromatic rings. The van der Waals surface area contributed by atoms with Gasteiger partial charge in [-0.1, -0.05) is 6.08 Å². The molecule has 4 atom stereocenters. The van der Waals surface area contributed by atoms with Crippen molar-refractivity contribution in [3.63, 3.8) is 0 Å². The molecule has 0 saturated carbocycles. The van der Waals surface area contributed by atoms with Crippen LogP contribution in [0.25, 0.3) is 0 Å². The van der Waals surface area contributed by atoms with E-state index in [1.165, 1.54) is 6.92 Å². The van der Waals surface area contributed by atoms with E-state index in [2.05, 4.69) is 6.58 Å². The minimum Gasteiger partial charge on any atom is -0.387 e. The van der Waals surface area contributed by atoms with Gasteiger partial charge in [0, 0.05) is 0 Å². The van der Waals surface area contributed by atoms with Crippen LogP contribution in [0, 0.1) is 0 Å². The van der Waals surface area contributed by atoms with E-state index in [0.717, 1.165) is 6.08 Å². The van der Waals surface area contributed by atoms with Crippen LogP contribution in [0.5, 0.6) is 0 Å². The summed E-state index contributed by atoms with van der Waals surface area (Å²) in [6, 6.07) is 0. The lowest BCUT2D eigenvalue weighted by molar-refractivity contribution is -0.141. The Kier molecular flexibility index (Phi) is 4.22. The average molecular weight is 190 g/mol. The number of aliphatic hydroxyl groups excluding tert-OH is 3. The van der Waals surface area contributed by atoms with Crippen LogP contribution in [0.3, 0.4) is 0 Å². The summed E-state index contributed by atoms with van der Waals surface area (Å²) in [4.78, 5) is 10.0. The van der Waals surface area contributed by atoms with Crippen molar-refractivity contribution in [1.82, 2.24) is 0 Å². The lowest BCUT2D eigenvalue weighted by Crippen LogP contribution is -2.50. The van der Waals surface area contributed by atoms with Gasteiger partial charge >= 0.3 is 0 Å². The van der Waals surface area contributed by atoms with Crippen molar-refractivity contribution in [3.05, 3.63) is 12.7 Å². The highest BCUT2D eigenvalue weighted by Crippen LogP contribution is 2.15. The van der Waals surface area contributed by atoms with E-state index < -0.39 is 23.9 Å². The number of hydrogen-bond acceptors (Lipinski definition) is 5. The van der Waals surface area contributed by atoms with E-state index in [1.54, 1.807) is 0 Å². The van der Waals surface area contributed by atoms with E-state index >= 15 is 0 Å². The smallest absolute Gasteiger partial charge is 0.151 e. The van der Waals surface area contributed by atoms with Crippen LogP contribution in [0.2, 0.25) is 0 Å². The van der Waals surface area contributed by atoms with Gasteiger partial charge in [-0.15, -0.1) is 6.58 Å². The summed E-state index contributed by atoms with van der Waals surface area (Å²) in [5, 5.41) is 36.6. The van der Waals surface area contributed by atoms with E-state index in [9.17, 15) is 15.0 Å². The lowest BCUT2D eigenvalue weighted by atomic mass is 9.92. The average Bonchev–Trinajstić information content (AvgIpc) is 2.14. The van der Waals surface area contributed by atoms with Crippen molar-refractivity contribution in [2.45, 2.75) is 30.8 Å². The number of carbonyl (C=O) groups excluding carboxylic acids is 1. The van der Waals surface area contributed by atoms with Gasteiger partial charge in [0.15, 0.2) is 6.29 Å². The summed E-state index contributed by atoms with van der Waals surface area (Å²) in [6.07, 6.45) is -4.03. The standard InChI is InChI=1S/C8H14O5/c1-3-8(2,13)7(12)6(11)5(10)4-9/h3-7,10-13H,1H2,2H3/t5-,6+,7+,8-/m0/s1. The number of rotatable bonds is 5. The Morgan fingerprint density at radius 2 is 1.85 bits per heavy atom. The highest BCUT2D eigenvalue weighted by Gasteiger charge is 2.36. The Hall–Kier alpha value is -0.750. The number of aliphatic hydroxyl groups is 4. The first-order valence-electron chi connectivity index (χ1n) is 3.72. The molecule has 76 valence electrons. The summed E-state index contributed by atoms with van der Waals surface area (Å²) in [7, 11) is 0. The molecule has 0 rings (SSSR count). The van der Waals surface area contributed by atoms with Gasteiger partial charge in [-0.25, -0.2) is 0 Å². The topological polar surface area (TPSA) is 98.0 Å². The van der Waals surface area contributed by atoms with Crippen molar-refractivity contribution in [3.8, 4) is 0 Å². The minimum atomic E-state index is -1.75. The lowest BCUT2D eigenvalue weighted by Gasteiger charge is -2.30. The van der Waals surface area contributed by atoms with Crippen molar-refractivity contribution < 1.29 is 25.2 Å². The first-order chi connectivity index (χ1) is 5.86. The monoisotopic (exact) mass is 190 g/mol. The van der Waals surface area contributed by atoms with Crippen LogP contribution in [-0.4, -0.2) is 50.6 Å². The minimum absolute atomic E-state index is 0.0764. The molecule has 0 radical (unpaired) electrons. The third kappa shape index (κ3) is 2.89. The van der Waals surface area contributed by atoms with Gasteiger partial charge < -0.3 is 25.2 Å². The molecule has 4 N–H and O–H groups in total. The zero-order valence-corrected chi connectivity index (χ0v) is 7.29. The van der Waals surface area contributed by atoms with Gasteiger partial charge in [0.1, 0.15) is 23.9 Å². The fraction of sp³-hybridized carbons (Fsp3) is 0.625. The van der Waals surface area contributed by atoms with Crippen LogP contribution < -0.4 is 0 Å². The summed E-state index contributed by atoms with van der Waals surface area (Å²) in [5.41, 5.74) is -1.75. The fourth-order valence-electron chi connectivity index (χ4n) is 0.734. The summed E-state index contributed by atoms with van der Waals surface area (Å²) < 4.78 is 0. The molecule has 0 aliphatic heterocycles. The Labute approximate surface area is 75.9 Å². The van der Waals surface area contributed by atoms with Gasteiger partial charge in [0.05, 0.1) is 0 Å². The molecule has 0 saturated heterocycles. The van der Waals surface area contributed by atoms with Crippen LogP contribution in [0.1, 0.15) is 6.92 Å². The molecule has 0 aliphatic rings. The molecule has 0 aromatic carbocycles. The second-order valence-corrected chi connectivity index (χ2v) is 2.99. The summed E-state index contributed by atoms with van der Waals surface area (Å²) in [5.74, 6) is 0. The van der Waals surface area contributed by atoms with Crippen molar-refractivity contribution in [1.29, 1.82) is 0 Å². The second-order valence-electron chi connectivity index (χ2n) is 2.99. The predicted octanol–water partition coefficient (Wildman–Crippen LogP) is -1.80. The highest BCUT2D eigenvalue weighted by molar-refractivity contribution is 5.56. The molecule has 0 aliphatic carbocycles. The van der Waals surface area contributed by atoms with Crippen LogP contribution in [0.15, 0.2) is 12.7 Å². The Balaban J connectivity index is 4.49. The summed E-state index contributed by atoms with van der Waals surface area (Å²) in [6.45, 7) is 4.43. The number of hydrogen-bond donors (Lipinski definition) is 4. The van der Waals surface area contributed by atoms with Gasteiger partial charge in [-0.05, 0) is 6.92 Å². The maximum absolute atomic E-state index is 10.0. The van der Waals surface area contributed by atoms with Crippen LogP contribution in [0.4, 0.5) is 0 Å². The SMILES string of the molecule is C=C[C@](C)(O)[C@H](O)[C@H](O)[C@@H](O)C=O. The van der Waals surface area contributed by atoms with E-state index in [0.29, 0.717) is 0 Å². The van der Waals surface area contributed by atoms with Crippen molar-refractivity contribution in [2.24, 2.45) is 0 Å². The molecular formula is C8H14O5. The fourth-order valence-corrected chi connectivity index (χ4v) is 0.734. The normalized spacial score (nSPS) is 22.5. The van der Waals surface area contributed by atoms with Gasteiger partial charge in [-0.3, -0.25) is 0 Å². The summed E-state index contributed by atoms with van der Waals surface area (Å²) >= 11 is 0. The first kappa shape index (κ1) is 12.2. The molecule has 0 spiro atoms. The Morgan fingerprint density at radius 1 is 1.38 bits per heavy atom. The van der Waals surface area contributed by atoms with Crippen molar-refractivity contribution >= 4 is 6.29 Å². The molecular weight excluding hydrogens is 176 g/mol. The quantitative estimate of drug-likeness (QED) is 0.303. The van der Waals surface area contributed by atoms with E-state index in [4.69, 9.17) is 10.2 Å². The third-order valence-corrected chi connectivity index (χ3v) is 1.82. The van der Waals surface area contributed by atoms with Gasteiger partial charge in [0.2, 0.25) is 0 Å². The predicted molar refractivity (Wildman–Crippen MR) is 44.9 cm³/mol. The molecule has 13 heavy (non-hydrogen) atoms. The Morgan fingerprint density at radius 3 is 2.15 bits per heavy atom. The zero-order valence-electron chi connectivity index (χ0n) is 7.29. The molecule has 0 fully saturated rings. The van der Waals surface area contributed by atoms with Gasteiger partial charge in [-0.2, -0.15) is 0 Å². The van der Waals surface area contributed by atoms with Gasteiger partial charge in [0.25, 0.3) is 0 Å². The van der Waals surface area contributed by atoms with E-state index in [-0.39, 0.29) is 6.29 Å². The van der Waals surface area contributed by atoms with Crippen LogP contribution >= 0.6 is 0 Å². The molecule has 0 heterocycles. The third-order valence-electron chi connectivity index (χ3n) is 1.82. The molecule has 0 aromatic heterocycles. The number of aldehydes is 1. The van der Waals surface area contributed by atoms with Crippen molar-refractivity contribution in [2.75, 3.05) is 0 Å². The highest BCUT2D eigenvalue weighted by atomic mass is 16.4. The molecule has 5 nitrogen and oxygen atoms in total. The van der Waals surface area contributed by atoms with E-state index in [1.807, 2.05) is 0 Å². The molecule has 5 heteroatoms. The maximum Gasteiger partial charge on any atom is 0.151 e. The zero-order chi connectivity index (χ0) is 10.6. The number of carbonyl (C=O) groups is 1. The first-order valence-corrected chi connectivity index (χ1v) is 3.72. The molecule has 0 bridgehead atoms. The Bertz CT molecular complexity index is 189. The molecule has 0 unspecified atom stereocenters. The second kappa shape index (κ2) is 4.48. The largest absolute Gasteiger partial charge is 0.387 e. The maximum atomic E-state index is 10.0. The molecule has 0 amide bonds.